The molecule has 2 N–H and O–H groups in total. The number of carbonyl (C=O) groups excluding carboxylic acids is 1. The number of rotatable bonds is 4. The Bertz CT molecular complexity index is 722. The Morgan fingerprint density at radius 2 is 1.96 bits per heavy atom. The Kier molecular flexibility index (Phi) is 4.24. The van der Waals surface area contributed by atoms with Gasteiger partial charge in [0.25, 0.3) is 5.91 Å². The number of nitrogens with zero attached hydrogens (tertiary/aromatic N) is 2. The molecule has 0 atom stereocenters. The van der Waals surface area contributed by atoms with E-state index in [1.807, 2.05) is 18.2 Å². The van der Waals surface area contributed by atoms with Crippen LogP contribution in [-0.2, 0) is 0 Å². The zero-order valence-electron chi connectivity index (χ0n) is 12.3. The number of benzene rings is 1. The summed E-state index contributed by atoms with van der Waals surface area (Å²) >= 11 is 0. The zero-order valence-corrected chi connectivity index (χ0v) is 12.3. The van der Waals surface area contributed by atoms with Crippen molar-refractivity contribution < 1.29 is 14.1 Å². The van der Waals surface area contributed by atoms with Gasteiger partial charge in [-0.05, 0) is 18.2 Å². The van der Waals surface area contributed by atoms with Crippen LogP contribution in [0.1, 0.15) is 10.6 Å². The smallest absolute Gasteiger partial charge is 0.395 e. The zero-order chi connectivity index (χ0) is 16.2. The van der Waals surface area contributed by atoms with Crippen LogP contribution in [0.3, 0.4) is 0 Å². The molecule has 1 aliphatic heterocycles. The lowest BCUT2D eigenvalue weighted by Crippen LogP contribution is -2.43. The predicted molar refractivity (Wildman–Crippen MR) is 84.8 cm³/mol. The molecule has 120 valence electrons. The second-order valence-corrected chi connectivity index (χ2v) is 5.10. The van der Waals surface area contributed by atoms with E-state index in [-0.39, 0.29) is 5.76 Å². The summed E-state index contributed by atoms with van der Waals surface area (Å²) in [5, 5.41) is 16.7. The Hall–Kier alpha value is -2.87. The Balaban J connectivity index is 1.79. The molecule has 2 aromatic rings. The largest absolute Gasteiger partial charge is 0.433 e. The van der Waals surface area contributed by atoms with Crippen LogP contribution in [0.5, 0.6) is 0 Å². The van der Waals surface area contributed by atoms with E-state index in [9.17, 15) is 14.9 Å². The summed E-state index contributed by atoms with van der Waals surface area (Å²) in [5.74, 6) is -1.06. The molecule has 0 aliphatic carbocycles. The summed E-state index contributed by atoms with van der Waals surface area (Å²) in [4.78, 5) is 24.4. The van der Waals surface area contributed by atoms with Crippen LogP contribution >= 0.6 is 0 Å². The van der Waals surface area contributed by atoms with Gasteiger partial charge in [-0.3, -0.25) is 14.9 Å². The number of hydrogen-bond donors (Lipinski definition) is 2. The molecule has 1 fully saturated rings. The van der Waals surface area contributed by atoms with Crippen molar-refractivity contribution in [2.75, 3.05) is 36.4 Å². The SMILES string of the molecule is O=C(Nc1ccccc1N1CCNCC1)c1ccc([N+](=O)[O-])o1. The van der Waals surface area contributed by atoms with Crippen molar-refractivity contribution in [2.45, 2.75) is 0 Å². The normalized spacial score (nSPS) is 14.5. The molecule has 1 aromatic heterocycles. The first-order chi connectivity index (χ1) is 11.1. The molecule has 8 heteroatoms. The van der Waals surface area contributed by atoms with Crippen LogP contribution in [0, 0.1) is 10.1 Å². The fraction of sp³-hybridized carbons (Fsp3) is 0.267. The highest BCUT2D eigenvalue weighted by molar-refractivity contribution is 6.04. The molecule has 0 spiro atoms. The van der Waals surface area contributed by atoms with Gasteiger partial charge in [-0.1, -0.05) is 12.1 Å². The van der Waals surface area contributed by atoms with E-state index in [1.165, 1.54) is 6.07 Å². The van der Waals surface area contributed by atoms with Crippen molar-refractivity contribution in [3.05, 3.63) is 52.3 Å². The molecule has 1 aromatic carbocycles. The highest BCUT2D eigenvalue weighted by Crippen LogP contribution is 2.27. The van der Waals surface area contributed by atoms with E-state index in [2.05, 4.69) is 15.5 Å². The molecule has 2 heterocycles. The van der Waals surface area contributed by atoms with Crippen molar-refractivity contribution in [3.8, 4) is 0 Å². The van der Waals surface area contributed by atoms with E-state index < -0.39 is 16.7 Å². The summed E-state index contributed by atoms with van der Waals surface area (Å²) < 4.78 is 4.93. The Labute approximate surface area is 132 Å². The maximum atomic E-state index is 12.2. The molecule has 0 unspecified atom stereocenters. The quantitative estimate of drug-likeness (QED) is 0.659. The summed E-state index contributed by atoms with van der Waals surface area (Å²) in [6.45, 7) is 3.46. The molecular weight excluding hydrogens is 300 g/mol. The molecule has 0 bridgehead atoms. The highest BCUT2D eigenvalue weighted by atomic mass is 16.6. The predicted octanol–water partition coefficient (Wildman–Crippen LogP) is 1.85. The van der Waals surface area contributed by atoms with Gasteiger partial charge in [0.05, 0.1) is 17.4 Å². The molecule has 1 aliphatic rings. The van der Waals surface area contributed by atoms with Gasteiger partial charge in [-0.15, -0.1) is 0 Å². The molecule has 0 saturated carbocycles. The monoisotopic (exact) mass is 316 g/mol. The number of nitro groups is 1. The van der Waals surface area contributed by atoms with Gasteiger partial charge in [0.2, 0.25) is 0 Å². The standard InChI is InChI=1S/C15H16N4O4/c20-15(13-5-6-14(23-13)19(21)22)17-11-3-1-2-4-12(11)18-9-7-16-8-10-18/h1-6,16H,7-10H2,(H,17,20). The van der Waals surface area contributed by atoms with Gasteiger partial charge in [-0.25, -0.2) is 0 Å². The van der Waals surface area contributed by atoms with Crippen LogP contribution in [-0.4, -0.2) is 37.0 Å². The van der Waals surface area contributed by atoms with E-state index in [0.717, 1.165) is 37.9 Å². The molecule has 8 nitrogen and oxygen atoms in total. The average molecular weight is 316 g/mol. The first-order valence-electron chi connectivity index (χ1n) is 7.25. The highest BCUT2D eigenvalue weighted by Gasteiger charge is 2.20. The lowest BCUT2D eigenvalue weighted by molar-refractivity contribution is -0.402. The van der Waals surface area contributed by atoms with Crippen molar-refractivity contribution >= 4 is 23.2 Å². The van der Waals surface area contributed by atoms with Crippen molar-refractivity contribution in [2.24, 2.45) is 0 Å². The number of piperazine rings is 1. The topological polar surface area (TPSA) is 101 Å². The van der Waals surface area contributed by atoms with E-state index in [4.69, 9.17) is 4.42 Å². The van der Waals surface area contributed by atoms with Crippen LogP contribution in [0.4, 0.5) is 17.3 Å². The van der Waals surface area contributed by atoms with Gasteiger partial charge >= 0.3 is 5.88 Å². The number of anilines is 2. The summed E-state index contributed by atoms with van der Waals surface area (Å²) in [6.07, 6.45) is 0. The number of hydrogen-bond acceptors (Lipinski definition) is 6. The molecule has 3 rings (SSSR count). The maximum Gasteiger partial charge on any atom is 0.433 e. The number of amides is 1. The van der Waals surface area contributed by atoms with Gasteiger partial charge in [-0.2, -0.15) is 0 Å². The van der Waals surface area contributed by atoms with Gasteiger partial charge < -0.3 is 20.0 Å². The van der Waals surface area contributed by atoms with E-state index in [0.29, 0.717) is 5.69 Å². The van der Waals surface area contributed by atoms with E-state index >= 15 is 0 Å². The number of para-hydroxylation sites is 2. The number of carbonyl (C=O) groups is 1. The third kappa shape index (κ3) is 3.32. The van der Waals surface area contributed by atoms with Crippen LogP contribution < -0.4 is 15.5 Å². The van der Waals surface area contributed by atoms with Crippen molar-refractivity contribution in [3.63, 3.8) is 0 Å². The Morgan fingerprint density at radius 3 is 2.65 bits per heavy atom. The lowest BCUT2D eigenvalue weighted by Gasteiger charge is -2.31. The average Bonchev–Trinajstić information content (AvgIpc) is 3.07. The first kappa shape index (κ1) is 15.0. The van der Waals surface area contributed by atoms with Crippen LogP contribution in [0.15, 0.2) is 40.8 Å². The van der Waals surface area contributed by atoms with E-state index in [1.54, 1.807) is 6.07 Å². The minimum atomic E-state index is -0.675. The van der Waals surface area contributed by atoms with Gasteiger partial charge in [0, 0.05) is 26.2 Å². The second-order valence-electron chi connectivity index (χ2n) is 5.10. The molecule has 1 saturated heterocycles. The summed E-state index contributed by atoms with van der Waals surface area (Å²) in [7, 11) is 0. The summed E-state index contributed by atoms with van der Waals surface area (Å²) in [6, 6.07) is 9.92. The third-order valence-electron chi connectivity index (χ3n) is 3.61. The lowest BCUT2D eigenvalue weighted by atomic mass is 10.2. The first-order valence-corrected chi connectivity index (χ1v) is 7.25. The van der Waals surface area contributed by atoms with Gasteiger partial charge in [0.1, 0.15) is 4.92 Å². The molecule has 0 radical (unpaired) electrons. The minimum absolute atomic E-state index is 0.0909. The Morgan fingerprint density at radius 1 is 1.22 bits per heavy atom. The van der Waals surface area contributed by atoms with Crippen LogP contribution in [0.25, 0.3) is 0 Å². The maximum absolute atomic E-state index is 12.2. The summed E-state index contributed by atoms with van der Waals surface area (Å²) in [5.41, 5.74) is 1.57. The fourth-order valence-electron chi connectivity index (χ4n) is 2.49. The number of nitrogens with one attached hydrogen (secondary N) is 2. The minimum Gasteiger partial charge on any atom is -0.395 e. The van der Waals surface area contributed by atoms with Crippen molar-refractivity contribution in [1.82, 2.24) is 5.32 Å². The van der Waals surface area contributed by atoms with Crippen molar-refractivity contribution in [1.29, 1.82) is 0 Å². The second kappa shape index (κ2) is 6.49. The fourth-order valence-corrected chi connectivity index (χ4v) is 2.49. The molecule has 1 amide bonds. The third-order valence-corrected chi connectivity index (χ3v) is 3.61. The van der Waals surface area contributed by atoms with Crippen LogP contribution in [0.2, 0.25) is 0 Å². The van der Waals surface area contributed by atoms with Gasteiger partial charge in [0.15, 0.2) is 5.76 Å². The number of furan rings is 1. The molecular formula is C15H16N4O4. The molecule has 23 heavy (non-hydrogen) atoms.